The van der Waals surface area contributed by atoms with Gasteiger partial charge in [-0.2, -0.15) is 9.61 Å². The second kappa shape index (κ2) is 5.94. The molecule has 0 aliphatic heterocycles. The minimum atomic E-state index is 0.328. The largest absolute Gasteiger partial charge is 0.367 e. The van der Waals surface area contributed by atoms with Crippen molar-refractivity contribution >= 4 is 17.9 Å². The summed E-state index contributed by atoms with van der Waals surface area (Å²) in [7, 11) is 1.86. The number of hydrogen-bond acceptors (Lipinski definition) is 4. The number of aromatic nitrogens is 3. The highest BCUT2D eigenvalue weighted by atomic mass is 16.1. The van der Waals surface area contributed by atoms with E-state index in [1.54, 1.807) is 11.1 Å². The van der Waals surface area contributed by atoms with Gasteiger partial charge in [-0.3, -0.25) is 4.79 Å². The summed E-state index contributed by atoms with van der Waals surface area (Å²) >= 11 is 0. The van der Waals surface area contributed by atoms with Crippen molar-refractivity contribution in [2.75, 3.05) is 12.4 Å². The molecule has 0 saturated heterocycles. The van der Waals surface area contributed by atoms with E-state index in [9.17, 15) is 4.79 Å². The van der Waals surface area contributed by atoms with E-state index in [-0.39, 0.29) is 0 Å². The molecule has 0 unspecified atom stereocenters. The number of fused-ring (bicyclic) bond motifs is 1. The third-order valence-electron chi connectivity index (χ3n) is 4.47. The number of amides is 1. The van der Waals surface area contributed by atoms with E-state index in [1.807, 2.05) is 17.6 Å². The zero-order valence-electron chi connectivity index (χ0n) is 13.4. The number of anilines is 1. The Morgan fingerprint density at radius 1 is 1.45 bits per heavy atom. The maximum absolute atomic E-state index is 10.9. The molecule has 1 aliphatic carbocycles. The summed E-state index contributed by atoms with van der Waals surface area (Å²) in [5, 5.41) is 7.95. The van der Waals surface area contributed by atoms with Crippen LogP contribution in [0, 0.1) is 0 Å². The Balaban J connectivity index is 1.82. The fourth-order valence-electron chi connectivity index (χ4n) is 3.08. The van der Waals surface area contributed by atoms with Crippen LogP contribution in [0.2, 0.25) is 0 Å². The maximum Gasteiger partial charge on any atom is 0.209 e. The Morgan fingerprint density at radius 2 is 2.27 bits per heavy atom. The van der Waals surface area contributed by atoms with Crippen LogP contribution in [0.4, 0.5) is 5.82 Å². The Kier molecular flexibility index (Phi) is 4.00. The molecule has 1 aliphatic rings. The zero-order chi connectivity index (χ0) is 15.7. The lowest BCUT2D eigenvalue weighted by molar-refractivity contribution is -0.118. The normalized spacial score (nSPS) is 21.5. The summed E-state index contributed by atoms with van der Waals surface area (Å²) in [6, 6.07) is 4.70. The molecule has 22 heavy (non-hydrogen) atoms. The fourth-order valence-corrected chi connectivity index (χ4v) is 3.08. The van der Waals surface area contributed by atoms with Crippen LogP contribution in [0.1, 0.15) is 44.7 Å². The van der Waals surface area contributed by atoms with E-state index in [2.05, 4.69) is 35.3 Å². The van der Waals surface area contributed by atoms with Crippen molar-refractivity contribution in [2.45, 2.75) is 51.1 Å². The number of nitrogens with one attached hydrogen (secondary N) is 1. The minimum Gasteiger partial charge on any atom is -0.367 e. The zero-order valence-corrected chi connectivity index (χ0v) is 13.4. The number of nitrogens with zero attached hydrogens (tertiary/aromatic N) is 4. The van der Waals surface area contributed by atoms with Crippen LogP contribution in [0.25, 0.3) is 5.65 Å². The Labute approximate surface area is 130 Å². The van der Waals surface area contributed by atoms with Gasteiger partial charge in [0.15, 0.2) is 5.65 Å². The van der Waals surface area contributed by atoms with E-state index in [4.69, 9.17) is 0 Å². The molecule has 3 rings (SSSR count). The lowest BCUT2D eigenvalue weighted by atomic mass is 10.1. The Morgan fingerprint density at radius 3 is 3.00 bits per heavy atom. The minimum absolute atomic E-state index is 0.328. The molecule has 2 aromatic rings. The van der Waals surface area contributed by atoms with Crippen LogP contribution < -0.4 is 5.32 Å². The molecule has 6 heteroatoms. The SMILES string of the molecule is CC(C)c1cc(N[C@@H]2CC[C@@H](N(C)C=O)C2)n2nccc2n1. The van der Waals surface area contributed by atoms with Gasteiger partial charge in [0.2, 0.25) is 6.41 Å². The summed E-state index contributed by atoms with van der Waals surface area (Å²) < 4.78 is 1.85. The first kappa shape index (κ1) is 14.8. The van der Waals surface area contributed by atoms with Gasteiger partial charge in [-0.25, -0.2) is 4.98 Å². The van der Waals surface area contributed by atoms with Gasteiger partial charge in [0, 0.05) is 37.0 Å². The maximum atomic E-state index is 10.9. The lowest BCUT2D eigenvalue weighted by Gasteiger charge is -2.20. The third-order valence-corrected chi connectivity index (χ3v) is 4.47. The molecule has 1 amide bonds. The lowest BCUT2D eigenvalue weighted by Crippen LogP contribution is -2.29. The molecular weight excluding hydrogens is 278 g/mol. The summed E-state index contributed by atoms with van der Waals surface area (Å²) in [5.41, 5.74) is 1.93. The molecule has 0 spiro atoms. The van der Waals surface area contributed by atoms with E-state index in [1.165, 1.54) is 0 Å². The average molecular weight is 301 g/mol. The van der Waals surface area contributed by atoms with Gasteiger partial charge in [-0.1, -0.05) is 13.8 Å². The predicted octanol–water partition coefficient (Wildman–Crippen LogP) is 2.27. The molecular formula is C16H23N5O. The average Bonchev–Trinajstić information content (AvgIpc) is 3.15. The van der Waals surface area contributed by atoms with E-state index in [0.29, 0.717) is 18.0 Å². The van der Waals surface area contributed by atoms with Gasteiger partial charge in [0.1, 0.15) is 5.82 Å². The van der Waals surface area contributed by atoms with Crippen LogP contribution >= 0.6 is 0 Å². The molecule has 6 nitrogen and oxygen atoms in total. The molecule has 1 N–H and O–H groups in total. The van der Waals surface area contributed by atoms with Crippen LogP contribution in [0.5, 0.6) is 0 Å². The molecule has 1 saturated carbocycles. The van der Waals surface area contributed by atoms with Gasteiger partial charge in [-0.05, 0) is 25.2 Å². The first-order valence-corrected chi connectivity index (χ1v) is 7.87. The van der Waals surface area contributed by atoms with Crippen LogP contribution in [0.3, 0.4) is 0 Å². The highest BCUT2D eigenvalue weighted by Gasteiger charge is 2.27. The summed E-state index contributed by atoms with van der Waals surface area (Å²) in [4.78, 5) is 17.3. The van der Waals surface area contributed by atoms with Crippen LogP contribution in [-0.2, 0) is 4.79 Å². The van der Waals surface area contributed by atoms with Crippen LogP contribution in [-0.4, -0.2) is 45.0 Å². The van der Waals surface area contributed by atoms with Gasteiger partial charge in [-0.15, -0.1) is 0 Å². The van der Waals surface area contributed by atoms with Crippen molar-refractivity contribution in [3.05, 3.63) is 24.0 Å². The van der Waals surface area contributed by atoms with Crippen molar-refractivity contribution in [3.63, 3.8) is 0 Å². The summed E-state index contributed by atoms with van der Waals surface area (Å²) in [6.45, 7) is 4.28. The van der Waals surface area contributed by atoms with Gasteiger partial charge in [0.05, 0.1) is 6.20 Å². The summed E-state index contributed by atoms with van der Waals surface area (Å²) in [5.74, 6) is 1.36. The quantitative estimate of drug-likeness (QED) is 0.861. The predicted molar refractivity (Wildman–Crippen MR) is 86.0 cm³/mol. The summed E-state index contributed by atoms with van der Waals surface area (Å²) in [6.07, 6.45) is 5.76. The second-order valence-corrected chi connectivity index (χ2v) is 6.40. The van der Waals surface area contributed by atoms with Gasteiger partial charge >= 0.3 is 0 Å². The fraction of sp³-hybridized carbons (Fsp3) is 0.562. The number of carbonyl (C=O) groups is 1. The van der Waals surface area contributed by atoms with Gasteiger partial charge < -0.3 is 10.2 Å². The van der Waals surface area contributed by atoms with E-state index < -0.39 is 0 Å². The van der Waals surface area contributed by atoms with E-state index in [0.717, 1.165) is 42.8 Å². The Hall–Kier alpha value is -2.11. The van der Waals surface area contributed by atoms with Crippen molar-refractivity contribution in [1.29, 1.82) is 0 Å². The molecule has 118 valence electrons. The smallest absolute Gasteiger partial charge is 0.209 e. The molecule has 0 radical (unpaired) electrons. The first-order valence-electron chi connectivity index (χ1n) is 7.87. The van der Waals surface area contributed by atoms with Crippen LogP contribution in [0.15, 0.2) is 18.3 Å². The molecule has 2 aromatic heterocycles. The standard InChI is InChI=1S/C16H23N5O/c1-11(2)14-9-16(21-15(19-14)6-7-17-21)18-12-4-5-13(8-12)20(3)10-22/h6-7,9-13,18H,4-5,8H2,1-3H3/t12-,13-/m1/s1. The highest BCUT2D eigenvalue weighted by molar-refractivity contribution is 5.50. The molecule has 2 atom stereocenters. The number of carbonyl (C=O) groups excluding carboxylic acids is 1. The van der Waals surface area contributed by atoms with Crippen molar-refractivity contribution < 1.29 is 4.79 Å². The van der Waals surface area contributed by atoms with E-state index >= 15 is 0 Å². The second-order valence-electron chi connectivity index (χ2n) is 6.40. The monoisotopic (exact) mass is 301 g/mol. The van der Waals surface area contributed by atoms with Crippen molar-refractivity contribution in [3.8, 4) is 0 Å². The number of hydrogen-bond donors (Lipinski definition) is 1. The highest BCUT2D eigenvalue weighted by Crippen LogP contribution is 2.27. The first-order chi connectivity index (χ1) is 10.6. The van der Waals surface area contributed by atoms with Crippen molar-refractivity contribution in [2.24, 2.45) is 0 Å². The Bertz CT molecular complexity index is 666. The van der Waals surface area contributed by atoms with Crippen molar-refractivity contribution in [1.82, 2.24) is 19.5 Å². The third kappa shape index (κ3) is 2.77. The molecule has 0 aromatic carbocycles. The molecule has 1 fully saturated rings. The molecule has 2 heterocycles. The topological polar surface area (TPSA) is 62.5 Å². The number of rotatable bonds is 5. The molecule has 0 bridgehead atoms. The van der Waals surface area contributed by atoms with Gasteiger partial charge in [0.25, 0.3) is 0 Å².